The Balaban J connectivity index is 2.59. The van der Waals surface area contributed by atoms with E-state index in [0.717, 1.165) is 12.6 Å². The number of hydrogen-bond donors (Lipinski definition) is 1. The predicted molar refractivity (Wildman–Crippen MR) is 81.0 cm³/mol. The molecular formula is C16H34N2. The predicted octanol–water partition coefficient (Wildman–Crippen LogP) is 3.67. The van der Waals surface area contributed by atoms with Crippen LogP contribution >= 0.6 is 0 Å². The normalized spacial score (nSPS) is 17.5. The van der Waals surface area contributed by atoms with Crippen LogP contribution in [0.5, 0.6) is 0 Å². The van der Waals surface area contributed by atoms with Crippen LogP contribution < -0.4 is 5.32 Å². The first-order valence-electron chi connectivity index (χ1n) is 7.85. The molecule has 1 saturated carbocycles. The molecule has 1 fully saturated rings. The first kappa shape index (κ1) is 16.0. The Kier molecular flexibility index (Phi) is 5.67. The molecule has 2 heteroatoms. The molecule has 0 bridgehead atoms. The molecule has 0 saturated heterocycles. The molecule has 0 radical (unpaired) electrons. The van der Waals surface area contributed by atoms with E-state index in [1.54, 1.807) is 0 Å². The van der Waals surface area contributed by atoms with Gasteiger partial charge in [-0.25, -0.2) is 0 Å². The fourth-order valence-electron chi connectivity index (χ4n) is 2.60. The SMILES string of the molecule is CCN(CC(CC)(CC)CNC(C)(C)C)C1CC1. The summed E-state index contributed by atoms with van der Waals surface area (Å²) < 4.78 is 0. The zero-order valence-electron chi connectivity index (χ0n) is 13.5. The fourth-order valence-corrected chi connectivity index (χ4v) is 2.60. The summed E-state index contributed by atoms with van der Waals surface area (Å²) in [5, 5.41) is 3.73. The van der Waals surface area contributed by atoms with Gasteiger partial charge in [0.1, 0.15) is 0 Å². The minimum Gasteiger partial charge on any atom is -0.311 e. The zero-order chi connectivity index (χ0) is 13.8. The molecule has 0 aromatic rings. The second kappa shape index (κ2) is 6.38. The second-order valence-corrected chi connectivity index (χ2v) is 7.10. The average molecular weight is 254 g/mol. The number of nitrogens with one attached hydrogen (secondary N) is 1. The third-order valence-corrected chi connectivity index (χ3v) is 4.50. The van der Waals surface area contributed by atoms with Crippen LogP contribution in [0.15, 0.2) is 0 Å². The van der Waals surface area contributed by atoms with Gasteiger partial charge in [-0.1, -0.05) is 20.8 Å². The van der Waals surface area contributed by atoms with Gasteiger partial charge in [0, 0.05) is 24.7 Å². The zero-order valence-corrected chi connectivity index (χ0v) is 13.5. The molecule has 0 aliphatic heterocycles. The fraction of sp³-hybridized carbons (Fsp3) is 1.00. The summed E-state index contributed by atoms with van der Waals surface area (Å²) in [7, 11) is 0. The van der Waals surface area contributed by atoms with Gasteiger partial charge in [-0.05, 0) is 58.4 Å². The maximum absolute atomic E-state index is 3.73. The molecule has 1 aliphatic rings. The molecule has 0 atom stereocenters. The lowest BCUT2D eigenvalue weighted by molar-refractivity contribution is 0.124. The molecule has 0 spiro atoms. The van der Waals surface area contributed by atoms with Crippen LogP contribution in [0.25, 0.3) is 0 Å². The van der Waals surface area contributed by atoms with Gasteiger partial charge < -0.3 is 10.2 Å². The summed E-state index contributed by atoms with van der Waals surface area (Å²) in [5.41, 5.74) is 0.679. The smallest absolute Gasteiger partial charge is 0.00967 e. The standard InChI is InChI=1S/C16H34N2/c1-7-16(8-2,12-17-15(4,5)6)13-18(9-3)14-10-11-14/h14,17H,7-13H2,1-6H3. The van der Waals surface area contributed by atoms with E-state index in [-0.39, 0.29) is 5.54 Å². The van der Waals surface area contributed by atoms with Gasteiger partial charge in [0.05, 0.1) is 0 Å². The highest BCUT2D eigenvalue weighted by molar-refractivity contribution is 4.91. The van der Waals surface area contributed by atoms with Crippen LogP contribution in [0.3, 0.4) is 0 Å². The van der Waals surface area contributed by atoms with Crippen molar-refractivity contribution in [3.8, 4) is 0 Å². The second-order valence-electron chi connectivity index (χ2n) is 7.10. The largest absolute Gasteiger partial charge is 0.311 e. The van der Waals surface area contributed by atoms with E-state index in [4.69, 9.17) is 0 Å². The monoisotopic (exact) mass is 254 g/mol. The maximum Gasteiger partial charge on any atom is 0.00967 e. The van der Waals surface area contributed by atoms with Gasteiger partial charge in [-0.3, -0.25) is 0 Å². The Bertz CT molecular complexity index is 234. The van der Waals surface area contributed by atoms with Crippen molar-refractivity contribution in [2.45, 2.75) is 78.8 Å². The van der Waals surface area contributed by atoms with E-state index in [9.17, 15) is 0 Å². The van der Waals surface area contributed by atoms with Crippen LogP contribution in [-0.2, 0) is 0 Å². The van der Waals surface area contributed by atoms with Gasteiger partial charge in [-0.2, -0.15) is 0 Å². The molecule has 0 aromatic heterocycles. The Morgan fingerprint density at radius 3 is 1.94 bits per heavy atom. The Labute approximate surface area is 115 Å². The lowest BCUT2D eigenvalue weighted by Crippen LogP contribution is -2.49. The molecule has 0 unspecified atom stereocenters. The van der Waals surface area contributed by atoms with Crippen molar-refractivity contribution in [2.75, 3.05) is 19.6 Å². The summed E-state index contributed by atoms with van der Waals surface area (Å²) >= 11 is 0. The molecule has 0 amide bonds. The van der Waals surface area contributed by atoms with Crippen molar-refractivity contribution in [1.29, 1.82) is 0 Å². The molecule has 2 nitrogen and oxygen atoms in total. The Hall–Kier alpha value is -0.0800. The summed E-state index contributed by atoms with van der Waals surface area (Å²) in [6.45, 7) is 17.4. The van der Waals surface area contributed by atoms with Crippen LogP contribution in [0, 0.1) is 5.41 Å². The van der Waals surface area contributed by atoms with E-state index in [0.29, 0.717) is 5.41 Å². The first-order valence-corrected chi connectivity index (χ1v) is 7.85. The summed E-state index contributed by atoms with van der Waals surface area (Å²) in [6.07, 6.45) is 5.39. The molecular weight excluding hydrogens is 220 g/mol. The van der Waals surface area contributed by atoms with E-state index in [2.05, 4.69) is 51.8 Å². The summed E-state index contributed by atoms with van der Waals surface area (Å²) in [4.78, 5) is 2.71. The molecule has 108 valence electrons. The lowest BCUT2D eigenvalue weighted by Gasteiger charge is -2.39. The van der Waals surface area contributed by atoms with Gasteiger partial charge in [0.15, 0.2) is 0 Å². The van der Waals surface area contributed by atoms with Gasteiger partial charge in [0.2, 0.25) is 0 Å². The molecule has 1 aliphatic carbocycles. The van der Waals surface area contributed by atoms with Crippen LogP contribution in [0.4, 0.5) is 0 Å². The van der Waals surface area contributed by atoms with Crippen molar-refractivity contribution in [2.24, 2.45) is 5.41 Å². The molecule has 18 heavy (non-hydrogen) atoms. The van der Waals surface area contributed by atoms with E-state index in [1.807, 2.05) is 0 Å². The lowest BCUT2D eigenvalue weighted by atomic mass is 9.81. The highest BCUT2D eigenvalue weighted by atomic mass is 15.2. The van der Waals surface area contributed by atoms with Crippen molar-refractivity contribution in [3.63, 3.8) is 0 Å². The van der Waals surface area contributed by atoms with Crippen molar-refractivity contribution in [3.05, 3.63) is 0 Å². The van der Waals surface area contributed by atoms with Crippen molar-refractivity contribution < 1.29 is 0 Å². The molecule has 1 N–H and O–H groups in total. The number of hydrogen-bond acceptors (Lipinski definition) is 2. The average Bonchev–Trinajstić information content (AvgIpc) is 3.13. The molecule has 0 aromatic carbocycles. The number of rotatable bonds is 8. The van der Waals surface area contributed by atoms with Crippen LogP contribution in [-0.4, -0.2) is 36.1 Å². The van der Waals surface area contributed by atoms with E-state index in [1.165, 1.54) is 38.8 Å². The summed E-state index contributed by atoms with van der Waals surface area (Å²) in [6, 6.07) is 0.891. The van der Waals surface area contributed by atoms with Gasteiger partial charge >= 0.3 is 0 Å². The van der Waals surface area contributed by atoms with Crippen molar-refractivity contribution >= 4 is 0 Å². The van der Waals surface area contributed by atoms with E-state index >= 15 is 0 Å². The highest BCUT2D eigenvalue weighted by Crippen LogP contribution is 2.33. The Morgan fingerprint density at radius 2 is 1.61 bits per heavy atom. The molecule has 1 rings (SSSR count). The van der Waals surface area contributed by atoms with Gasteiger partial charge in [0.25, 0.3) is 0 Å². The maximum atomic E-state index is 3.73. The minimum absolute atomic E-state index is 0.228. The minimum atomic E-state index is 0.228. The quantitative estimate of drug-likeness (QED) is 0.711. The van der Waals surface area contributed by atoms with E-state index < -0.39 is 0 Å². The van der Waals surface area contributed by atoms with Crippen molar-refractivity contribution in [1.82, 2.24) is 10.2 Å². The number of nitrogens with zero attached hydrogens (tertiary/aromatic N) is 1. The van der Waals surface area contributed by atoms with Crippen LogP contribution in [0.2, 0.25) is 0 Å². The van der Waals surface area contributed by atoms with Gasteiger partial charge in [-0.15, -0.1) is 0 Å². The third-order valence-electron chi connectivity index (χ3n) is 4.50. The van der Waals surface area contributed by atoms with Crippen LogP contribution in [0.1, 0.15) is 67.2 Å². The third kappa shape index (κ3) is 4.89. The first-order chi connectivity index (χ1) is 8.36. The topological polar surface area (TPSA) is 15.3 Å². The summed E-state index contributed by atoms with van der Waals surface area (Å²) in [5.74, 6) is 0. The highest BCUT2D eigenvalue weighted by Gasteiger charge is 2.35. The molecule has 0 heterocycles. The Morgan fingerprint density at radius 1 is 1.06 bits per heavy atom.